The molecule has 1 amide bonds. The van der Waals surface area contributed by atoms with Crippen LogP contribution in [0.5, 0.6) is 0 Å². The number of hydrogen-bond donors (Lipinski definition) is 2. The molecule has 0 aliphatic rings. The summed E-state index contributed by atoms with van der Waals surface area (Å²) in [7, 11) is 3.48. The van der Waals surface area contributed by atoms with Gasteiger partial charge in [0.15, 0.2) is 0 Å². The predicted molar refractivity (Wildman–Crippen MR) is 84.9 cm³/mol. The zero-order valence-electron chi connectivity index (χ0n) is 10.7. The summed E-state index contributed by atoms with van der Waals surface area (Å²) in [6.45, 7) is 1.39. The summed E-state index contributed by atoms with van der Waals surface area (Å²) in [6.07, 6.45) is 7.64. The van der Waals surface area contributed by atoms with Crippen LogP contribution in [0.2, 0.25) is 0 Å². The molecular weight excluding hydrogens is 278 g/mol. The van der Waals surface area contributed by atoms with Crippen molar-refractivity contribution in [1.82, 2.24) is 10.3 Å². The lowest BCUT2D eigenvalue weighted by Crippen LogP contribution is -2.24. The number of rotatable bonds is 9. The maximum atomic E-state index is 11.5. The highest BCUT2D eigenvalue weighted by atomic mass is 33.1. The van der Waals surface area contributed by atoms with Gasteiger partial charge in [0.1, 0.15) is 0 Å². The van der Waals surface area contributed by atoms with Crippen molar-refractivity contribution in [2.45, 2.75) is 6.42 Å². The number of carbonyl (C=O) groups is 1. The highest BCUT2D eigenvalue weighted by Crippen LogP contribution is 2.18. The Morgan fingerprint density at radius 2 is 2.26 bits per heavy atom. The molecule has 1 rings (SSSR count). The van der Waals surface area contributed by atoms with Crippen molar-refractivity contribution in [3.63, 3.8) is 0 Å². The van der Waals surface area contributed by atoms with Crippen molar-refractivity contribution < 1.29 is 4.79 Å². The predicted octanol–water partition coefficient (Wildman–Crippen LogP) is 1.94. The number of nitrogens with two attached hydrogens (primary N) is 1. The Morgan fingerprint density at radius 1 is 1.42 bits per heavy atom. The van der Waals surface area contributed by atoms with E-state index >= 15 is 0 Å². The Morgan fingerprint density at radius 3 is 3.00 bits per heavy atom. The molecule has 0 atom stereocenters. The molecular formula is C13H19N3OS2. The van der Waals surface area contributed by atoms with Gasteiger partial charge in [-0.25, -0.2) is 0 Å². The number of nitrogens with one attached hydrogen (secondary N) is 1. The molecule has 104 valence electrons. The van der Waals surface area contributed by atoms with Gasteiger partial charge in [-0.2, -0.15) is 0 Å². The zero-order valence-corrected chi connectivity index (χ0v) is 12.4. The fourth-order valence-electron chi connectivity index (χ4n) is 1.25. The van der Waals surface area contributed by atoms with Crippen molar-refractivity contribution >= 4 is 33.6 Å². The van der Waals surface area contributed by atoms with Crippen LogP contribution in [-0.2, 0) is 4.79 Å². The summed E-state index contributed by atoms with van der Waals surface area (Å²) >= 11 is 0. The fourth-order valence-corrected chi connectivity index (χ4v) is 3.01. The number of aromatic nitrogens is 1. The van der Waals surface area contributed by atoms with E-state index in [2.05, 4.69) is 10.3 Å². The van der Waals surface area contributed by atoms with Crippen molar-refractivity contribution in [2.75, 3.05) is 24.6 Å². The third-order valence-corrected chi connectivity index (χ3v) is 4.53. The van der Waals surface area contributed by atoms with Crippen LogP contribution < -0.4 is 11.1 Å². The molecule has 0 bridgehead atoms. The van der Waals surface area contributed by atoms with Crippen LogP contribution in [0.15, 0.2) is 30.6 Å². The monoisotopic (exact) mass is 297 g/mol. The van der Waals surface area contributed by atoms with Crippen LogP contribution in [-0.4, -0.2) is 35.5 Å². The number of amides is 1. The maximum absolute atomic E-state index is 11.5. The smallest absolute Gasteiger partial charge is 0.223 e. The van der Waals surface area contributed by atoms with E-state index in [0.717, 1.165) is 17.1 Å². The third-order valence-electron chi connectivity index (χ3n) is 2.09. The molecule has 0 aliphatic heterocycles. The lowest BCUT2D eigenvalue weighted by Gasteiger charge is -2.02. The van der Waals surface area contributed by atoms with Crippen molar-refractivity contribution in [3.05, 3.63) is 36.2 Å². The van der Waals surface area contributed by atoms with Crippen LogP contribution in [0, 0.1) is 0 Å². The molecule has 4 nitrogen and oxygen atoms in total. The number of pyridine rings is 1. The molecule has 0 radical (unpaired) electrons. The average Bonchev–Trinajstić information content (AvgIpc) is 2.44. The van der Waals surface area contributed by atoms with Gasteiger partial charge in [-0.05, 0) is 11.6 Å². The standard InChI is InChI=1S/C13H19N3OS2/c14-6-9-18-19-10-8-16-13(17)5-1-3-12-4-2-7-15-11-12/h1-4,7,11H,5-6,8-10,14H2,(H,16,17). The van der Waals surface area contributed by atoms with Gasteiger partial charge >= 0.3 is 0 Å². The second-order valence-corrected chi connectivity index (χ2v) is 6.38. The van der Waals surface area contributed by atoms with Gasteiger partial charge < -0.3 is 11.1 Å². The highest BCUT2D eigenvalue weighted by Gasteiger charge is 1.97. The maximum Gasteiger partial charge on any atom is 0.223 e. The van der Waals surface area contributed by atoms with E-state index in [9.17, 15) is 4.79 Å². The van der Waals surface area contributed by atoms with E-state index < -0.39 is 0 Å². The van der Waals surface area contributed by atoms with Crippen LogP contribution in [0.3, 0.4) is 0 Å². The average molecular weight is 297 g/mol. The van der Waals surface area contributed by atoms with Gasteiger partial charge in [0.25, 0.3) is 0 Å². The van der Waals surface area contributed by atoms with Crippen LogP contribution in [0.1, 0.15) is 12.0 Å². The van der Waals surface area contributed by atoms with Gasteiger partial charge in [-0.15, -0.1) is 0 Å². The summed E-state index contributed by atoms with van der Waals surface area (Å²) in [5, 5.41) is 2.87. The topological polar surface area (TPSA) is 68.0 Å². The van der Waals surface area contributed by atoms with Gasteiger partial charge in [0.2, 0.25) is 5.91 Å². The fraction of sp³-hybridized carbons (Fsp3) is 0.385. The van der Waals surface area contributed by atoms with Gasteiger partial charge in [-0.3, -0.25) is 9.78 Å². The Kier molecular flexibility index (Phi) is 9.22. The molecule has 19 heavy (non-hydrogen) atoms. The molecule has 0 saturated heterocycles. The second kappa shape index (κ2) is 10.9. The van der Waals surface area contributed by atoms with Crippen molar-refractivity contribution in [3.8, 4) is 0 Å². The lowest BCUT2D eigenvalue weighted by molar-refractivity contribution is -0.120. The van der Waals surface area contributed by atoms with Gasteiger partial charge in [0.05, 0.1) is 0 Å². The summed E-state index contributed by atoms with van der Waals surface area (Å²) in [5.74, 6) is 1.90. The molecule has 1 aromatic heterocycles. The molecule has 0 spiro atoms. The van der Waals surface area contributed by atoms with Crippen molar-refractivity contribution in [2.24, 2.45) is 5.73 Å². The van der Waals surface area contributed by atoms with Crippen LogP contribution in [0.4, 0.5) is 0 Å². The van der Waals surface area contributed by atoms with E-state index in [1.54, 1.807) is 34.0 Å². The molecule has 0 unspecified atom stereocenters. The minimum Gasteiger partial charge on any atom is -0.355 e. The van der Waals surface area contributed by atoms with Gasteiger partial charge in [0, 0.05) is 43.4 Å². The summed E-state index contributed by atoms with van der Waals surface area (Å²) in [4.78, 5) is 15.5. The summed E-state index contributed by atoms with van der Waals surface area (Å²) < 4.78 is 0. The SMILES string of the molecule is NCCSSCCNC(=O)CC=Cc1cccnc1. The molecule has 1 heterocycles. The molecule has 6 heteroatoms. The van der Waals surface area contributed by atoms with Gasteiger partial charge in [-0.1, -0.05) is 39.8 Å². The number of hydrogen-bond acceptors (Lipinski definition) is 5. The molecule has 1 aromatic rings. The highest BCUT2D eigenvalue weighted by molar-refractivity contribution is 8.76. The first kappa shape index (κ1) is 16.1. The first-order valence-electron chi connectivity index (χ1n) is 6.10. The second-order valence-electron chi connectivity index (χ2n) is 3.68. The van der Waals surface area contributed by atoms with E-state index in [0.29, 0.717) is 19.5 Å². The summed E-state index contributed by atoms with van der Waals surface area (Å²) in [5.41, 5.74) is 6.38. The normalized spacial score (nSPS) is 10.8. The van der Waals surface area contributed by atoms with E-state index in [1.807, 2.05) is 24.3 Å². The number of carbonyl (C=O) groups excluding carboxylic acids is 1. The Bertz CT molecular complexity index is 385. The quantitative estimate of drug-likeness (QED) is 0.538. The molecule has 3 N–H and O–H groups in total. The molecule has 0 fully saturated rings. The van der Waals surface area contributed by atoms with E-state index in [4.69, 9.17) is 5.73 Å². The van der Waals surface area contributed by atoms with E-state index in [1.165, 1.54) is 0 Å². The lowest BCUT2D eigenvalue weighted by atomic mass is 10.2. The van der Waals surface area contributed by atoms with Crippen LogP contribution in [0.25, 0.3) is 6.08 Å². The largest absolute Gasteiger partial charge is 0.355 e. The molecule has 0 aliphatic carbocycles. The minimum absolute atomic E-state index is 0.0459. The Balaban J connectivity index is 2.06. The van der Waals surface area contributed by atoms with Crippen molar-refractivity contribution in [1.29, 1.82) is 0 Å². The summed E-state index contributed by atoms with van der Waals surface area (Å²) in [6, 6.07) is 3.82. The Labute approximate surface area is 122 Å². The molecule has 0 saturated carbocycles. The first-order valence-corrected chi connectivity index (χ1v) is 8.59. The first-order chi connectivity index (χ1) is 9.33. The van der Waals surface area contributed by atoms with Crippen LogP contribution >= 0.6 is 21.6 Å². The zero-order chi connectivity index (χ0) is 13.8. The number of nitrogens with zero attached hydrogens (tertiary/aromatic N) is 1. The minimum atomic E-state index is 0.0459. The molecule has 0 aromatic carbocycles. The third kappa shape index (κ3) is 8.69. The van der Waals surface area contributed by atoms with E-state index in [-0.39, 0.29) is 5.91 Å². The Hall–Kier alpha value is -0.980.